The average molecular weight is 259 g/mol. The molecular weight excluding hydrogens is 242 g/mol. The molecule has 5 nitrogen and oxygen atoms in total. The van der Waals surface area contributed by atoms with E-state index < -0.39 is 26.0 Å². The van der Waals surface area contributed by atoms with Gasteiger partial charge in [0.15, 0.2) is 14.7 Å². The first-order valence-corrected chi connectivity index (χ1v) is 7.12. The normalized spacial score (nSPS) is 12.1. The molecule has 0 aliphatic heterocycles. The molecule has 1 aromatic rings. The molecular formula is C11H17NO4S. The molecule has 1 rings (SSSR count). The first-order chi connectivity index (χ1) is 7.59. The Kier molecular flexibility index (Phi) is 3.38. The fourth-order valence-corrected chi connectivity index (χ4v) is 2.76. The smallest absolute Gasteiger partial charge is 0.273 e. The molecule has 1 N–H and O–H groups in total. The predicted molar refractivity (Wildman–Crippen MR) is 65.3 cm³/mol. The van der Waals surface area contributed by atoms with E-state index in [1.165, 1.54) is 4.57 Å². The van der Waals surface area contributed by atoms with Crippen molar-refractivity contribution in [1.29, 1.82) is 0 Å². The minimum absolute atomic E-state index is 0.165. The van der Waals surface area contributed by atoms with E-state index >= 15 is 0 Å². The number of aromatic nitrogens is 1. The Hall–Kier alpha value is -1.30. The molecule has 0 radical (unpaired) electrons. The number of hydrogen-bond donors (Lipinski definition) is 1. The van der Waals surface area contributed by atoms with E-state index in [0.717, 1.165) is 6.26 Å². The summed E-state index contributed by atoms with van der Waals surface area (Å²) in [6.07, 6.45) is 0.920. The Labute approximate surface area is 101 Å². The molecule has 0 fully saturated rings. The van der Waals surface area contributed by atoms with Crippen LogP contribution in [0, 0.1) is 13.8 Å². The van der Waals surface area contributed by atoms with Gasteiger partial charge >= 0.3 is 0 Å². The van der Waals surface area contributed by atoms with Gasteiger partial charge in [-0.2, -0.15) is 0 Å². The Morgan fingerprint density at radius 1 is 1.24 bits per heavy atom. The molecule has 0 atom stereocenters. The zero-order valence-corrected chi connectivity index (χ0v) is 11.4. The summed E-state index contributed by atoms with van der Waals surface area (Å²) in [5, 5.41) is 9.81. The van der Waals surface area contributed by atoms with E-state index in [4.69, 9.17) is 0 Å². The highest BCUT2D eigenvalue weighted by Gasteiger charge is 2.24. The highest BCUT2D eigenvalue weighted by atomic mass is 32.2. The number of pyridine rings is 1. The zero-order valence-electron chi connectivity index (χ0n) is 10.6. The molecule has 0 aromatic carbocycles. The van der Waals surface area contributed by atoms with Crippen LogP contribution in [0.5, 0.6) is 5.75 Å². The van der Waals surface area contributed by atoms with E-state index in [1.54, 1.807) is 27.7 Å². The molecule has 0 amide bonds. The van der Waals surface area contributed by atoms with Gasteiger partial charge in [-0.05, 0) is 27.7 Å². The van der Waals surface area contributed by atoms with Crippen molar-refractivity contribution < 1.29 is 13.5 Å². The predicted octanol–water partition coefficient (Wildman–Crippen LogP) is 1.16. The molecule has 0 unspecified atom stereocenters. The standard InChI is InChI=1S/C11H17NO4S/c1-6(2)12-8(4)7(3)9(13)10(11(12)14)17(5,15)16/h6,13H,1-5H3. The van der Waals surface area contributed by atoms with Crippen molar-refractivity contribution in [2.75, 3.05) is 6.26 Å². The molecule has 0 aliphatic rings. The van der Waals surface area contributed by atoms with Gasteiger partial charge in [0.05, 0.1) is 0 Å². The number of sulfone groups is 1. The second-order valence-corrected chi connectivity index (χ2v) is 6.38. The van der Waals surface area contributed by atoms with Crippen molar-refractivity contribution in [3.63, 3.8) is 0 Å². The van der Waals surface area contributed by atoms with Crippen LogP contribution in [-0.4, -0.2) is 24.3 Å². The lowest BCUT2D eigenvalue weighted by Gasteiger charge is -2.18. The molecule has 0 spiro atoms. The van der Waals surface area contributed by atoms with Crippen LogP contribution in [0.1, 0.15) is 31.1 Å². The summed E-state index contributed by atoms with van der Waals surface area (Å²) >= 11 is 0. The van der Waals surface area contributed by atoms with Crippen LogP contribution in [-0.2, 0) is 9.84 Å². The first kappa shape index (κ1) is 13.8. The van der Waals surface area contributed by atoms with Gasteiger partial charge in [0.1, 0.15) is 5.75 Å². The fraction of sp³-hybridized carbons (Fsp3) is 0.545. The summed E-state index contributed by atoms with van der Waals surface area (Å²) in [7, 11) is -3.74. The van der Waals surface area contributed by atoms with Gasteiger partial charge in [-0.3, -0.25) is 4.79 Å². The SMILES string of the molecule is Cc1c(O)c(S(C)(=O)=O)c(=O)n(C(C)C)c1C. The molecule has 1 heterocycles. The van der Waals surface area contributed by atoms with E-state index in [2.05, 4.69) is 0 Å². The molecule has 6 heteroatoms. The summed E-state index contributed by atoms with van der Waals surface area (Å²) in [6.45, 7) is 6.86. The Morgan fingerprint density at radius 2 is 1.71 bits per heavy atom. The maximum atomic E-state index is 12.1. The molecule has 17 heavy (non-hydrogen) atoms. The number of nitrogens with zero attached hydrogens (tertiary/aromatic N) is 1. The van der Waals surface area contributed by atoms with E-state index in [0.29, 0.717) is 11.3 Å². The summed E-state index contributed by atoms with van der Waals surface area (Å²) in [4.78, 5) is 11.6. The summed E-state index contributed by atoms with van der Waals surface area (Å²) in [6, 6.07) is -0.165. The third kappa shape index (κ3) is 2.22. The lowest BCUT2D eigenvalue weighted by Crippen LogP contribution is -2.29. The van der Waals surface area contributed by atoms with Gasteiger partial charge in [-0.25, -0.2) is 8.42 Å². The van der Waals surface area contributed by atoms with Gasteiger partial charge in [-0.15, -0.1) is 0 Å². The molecule has 0 saturated carbocycles. The Bertz CT molecular complexity index is 611. The van der Waals surface area contributed by atoms with Crippen LogP contribution in [0.15, 0.2) is 9.69 Å². The second kappa shape index (κ2) is 4.18. The minimum Gasteiger partial charge on any atom is -0.506 e. The molecule has 0 bridgehead atoms. The Morgan fingerprint density at radius 3 is 2.06 bits per heavy atom. The van der Waals surface area contributed by atoms with E-state index in [1.807, 2.05) is 0 Å². The van der Waals surface area contributed by atoms with Gasteiger partial charge in [0.2, 0.25) is 0 Å². The highest BCUT2D eigenvalue weighted by molar-refractivity contribution is 7.90. The second-order valence-electron chi connectivity index (χ2n) is 4.43. The topological polar surface area (TPSA) is 76.4 Å². The summed E-state index contributed by atoms with van der Waals surface area (Å²) in [5.41, 5.74) is 0.330. The van der Waals surface area contributed by atoms with Gasteiger partial charge in [0, 0.05) is 23.6 Å². The molecule has 0 aliphatic carbocycles. The minimum atomic E-state index is -3.74. The largest absolute Gasteiger partial charge is 0.506 e. The van der Waals surface area contributed by atoms with Crippen molar-refractivity contribution in [3.8, 4) is 5.75 Å². The van der Waals surface area contributed by atoms with Crippen LogP contribution < -0.4 is 5.56 Å². The van der Waals surface area contributed by atoms with Crippen LogP contribution >= 0.6 is 0 Å². The van der Waals surface area contributed by atoms with Crippen molar-refractivity contribution >= 4 is 9.84 Å². The third-order valence-electron chi connectivity index (χ3n) is 2.77. The molecule has 0 saturated heterocycles. The number of aromatic hydroxyl groups is 1. The quantitative estimate of drug-likeness (QED) is 0.864. The summed E-state index contributed by atoms with van der Waals surface area (Å²) in [5.74, 6) is -0.438. The third-order valence-corrected chi connectivity index (χ3v) is 3.88. The van der Waals surface area contributed by atoms with E-state index in [9.17, 15) is 18.3 Å². The van der Waals surface area contributed by atoms with Crippen LogP contribution in [0.4, 0.5) is 0 Å². The fourth-order valence-electron chi connectivity index (χ4n) is 1.84. The summed E-state index contributed by atoms with van der Waals surface area (Å²) < 4.78 is 24.5. The average Bonchev–Trinajstić information content (AvgIpc) is 2.11. The van der Waals surface area contributed by atoms with Crippen molar-refractivity contribution in [1.82, 2.24) is 4.57 Å². The zero-order chi connectivity index (χ0) is 13.5. The van der Waals surface area contributed by atoms with Gasteiger partial charge in [-0.1, -0.05) is 0 Å². The van der Waals surface area contributed by atoms with Crippen molar-refractivity contribution in [2.45, 2.75) is 38.6 Å². The lowest BCUT2D eigenvalue weighted by molar-refractivity contribution is 0.438. The van der Waals surface area contributed by atoms with Crippen molar-refractivity contribution in [3.05, 3.63) is 21.6 Å². The maximum Gasteiger partial charge on any atom is 0.273 e. The monoisotopic (exact) mass is 259 g/mol. The van der Waals surface area contributed by atoms with Crippen molar-refractivity contribution in [2.24, 2.45) is 0 Å². The Balaban J connectivity index is 3.96. The van der Waals surface area contributed by atoms with Crippen LogP contribution in [0.2, 0.25) is 0 Å². The van der Waals surface area contributed by atoms with E-state index in [-0.39, 0.29) is 6.04 Å². The van der Waals surface area contributed by atoms with Gasteiger partial charge < -0.3 is 9.67 Å². The molecule has 1 aromatic heterocycles. The van der Waals surface area contributed by atoms with Crippen LogP contribution in [0.25, 0.3) is 0 Å². The highest BCUT2D eigenvalue weighted by Crippen LogP contribution is 2.26. The van der Waals surface area contributed by atoms with Crippen LogP contribution in [0.3, 0.4) is 0 Å². The number of rotatable bonds is 2. The maximum absolute atomic E-state index is 12.1. The first-order valence-electron chi connectivity index (χ1n) is 5.23. The lowest BCUT2D eigenvalue weighted by atomic mass is 10.2. The van der Waals surface area contributed by atoms with Gasteiger partial charge in [0.25, 0.3) is 5.56 Å². The number of hydrogen-bond acceptors (Lipinski definition) is 4. The molecule has 96 valence electrons.